The van der Waals surface area contributed by atoms with Gasteiger partial charge in [0.15, 0.2) is 17.5 Å². The number of hydrogen-bond acceptors (Lipinski definition) is 5. The van der Waals surface area contributed by atoms with Crippen LogP contribution in [0.3, 0.4) is 0 Å². The average molecular weight is 467 g/mol. The summed E-state index contributed by atoms with van der Waals surface area (Å²) in [6.07, 6.45) is 0. The Morgan fingerprint density at radius 3 is 2.22 bits per heavy atom. The standard InChI is InChI=1S/C19H13BF4N2O5S/c21-14-5-4-10(19(27)25-12-8-15(22)18(24)16(23)9-12)6-17(14)26(32(30)31)13-3-1-2-11(7-13)20(28)29/h1-9,28-29H,(H,25,27)(H,30,31)/p-1. The highest BCUT2D eigenvalue weighted by Crippen LogP contribution is 2.30. The SMILES string of the molecule is O=C(Nc1cc(F)c(F)c(F)c1)c1ccc(F)c(N(c2cccc(B(O)O)c2)S(=O)[O-])c1. The van der Waals surface area contributed by atoms with Crippen LogP contribution in [0, 0.1) is 23.3 Å². The van der Waals surface area contributed by atoms with E-state index in [1.807, 2.05) is 0 Å². The summed E-state index contributed by atoms with van der Waals surface area (Å²) in [7, 11) is -1.92. The van der Waals surface area contributed by atoms with Gasteiger partial charge in [-0.2, -0.15) is 0 Å². The maximum atomic E-state index is 14.5. The largest absolute Gasteiger partial charge is 0.755 e. The topological polar surface area (TPSA) is 113 Å². The number of amides is 1. The molecular weight excluding hydrogens is 455 g/mol. The van der Waals surface area contributed by atoms with E-state index in [1.165, 1.54) is 18.2 Å². The summed E-state index contributed by atoms with van der Waals surface area (Å²) in [5, 5.41) is 20.7. The summed E-state index contributed by atoms with van der Waals surface area (Å²) in [5.41, 5.74) is -1.55. The van der Waals surface area contributed by atoms with E-state index in [0.29, 0.717) is 16.4 Å². The zero-order valence-corrected chi connectivity index (χ0v) is 16.6. The van der Waals surface area contributed by atoms with Crippen molar-refractivity contribution in [1.82, 2.24) is 0 Å². The number of anilines is 3. The van der Waals surface area contributed by atoms with Crippen LogP contribution in [0.15, 0.2) is 54.6 Å². The van der Waals surface area contributed by atoms with Gasteiger partial charge in [0.2, 0.25) is 0 Å². The number of nitrogens with one attached hydrogen (secondary N) is 1. The molecule has 7 nitrogen and oxygen atoms in total. The minimum absolute atomic E-state index is 0.0763. The summed E-state index contributed by atoms with van der Waals surface area (Å²) >= 11 is -3.10. The molecule has 3 aromatic rings. The van der Waals surface area contributed by atoms with E-state index in [2.05, 4.69) is 5.32 Å². The molecule has 3 aromatic carbocycles. The van der Waals surface area contributed by atoms with Gasteiger partial charge in [-0.25, -0.2) is 17.6 Å². The van der Waals surface area contributed by atoms with Crippen molar-refractivity contribution < 1.29 is 41.2 Å². The molecule has 0 spiro atoms. The molecule has 0 aromatic heterocycles. The van der Waals surface area contributed by atoms with Crippen LogP contribution in [0.25, 0.3) is 0 Å². The minimum Gasteiger partial charge on any atom is -0.755 e. The highest BCUT2D eigenvalue weighted by atomic mass is 32.2. The van der Waals surface area contributed by atoms with Crippen molar-refractivity contribution in [2.24, 2.45) is 0 Å². The summed E-state index contributed by atoms with van der Waals surface area (Å²) in [6.45, 7) is 0. The third kappa shape index (κ3) is 4.97. The lowest BCUT2D eigenvalue weighted by atomic mass is 9.80. The van der Waals surface area contributed by atoms with Crippen LogP contribution < -0.4 is 15.1 Å². The van der Waals surface area contributed by atoms with Gasteiger partial charge in [0.05, 0.1) is 22.6 Å². The molecule has 32 heavy (non-hydrogen) atoms. The highest BCUT2D eigenvalue weighted by molar-refractivity contribution is 7.81. The van der Waals surface area contributed by atoms with Crippen LogP contribution in [-0.4, -0.2) is 31.8 Å². The van der Waals surface area contributed by atoms with Crippen LogP contribution in [0.5, 0.6) is 0 Å². The molecule has 1 amide bonds. The molecule has 3 N–H and O–H groups in total. The van der Waals surface area contributed by atoms with Crippen molar-refractivity contribution in [2.45, 2.75) is 0 Å². The molecule has 0 saturated heterocycles. The molecule has 3 rings (SSSR count). The first-order valence-corrected chi connectivity index (χ1v) is 9.72. The second kappa shape index (κ2) is 9.48. The van der Waals surface area contributed by atoms with Gasteiger partial charge >= 0.3 is 7.12 Å². The number of hydrogen-bond donors (Lipinski definition) is 3. The van der Waals surface area contributed by atoms with Gasteiger partial charge in [0.1, 0.15) is 5.82 Å². The summed E-state index contributed by atoms with van der Waals surface area (Å²) in [5.74, 6) is -6.85. The van der Waals surface area contributed by atoms with Crippen LogP contribution in [0.1, 0.15) is 10.4 Å². The Kier molecular flexibility index (Phi) is 6.94. The summed E-state index contributed by atoms with van der Waals surface area (Å²) in [6, 6.07) is 8.63. The Labute approximate surface area is 181 Å². The van der Waals surface area contributed by atoms with Gasteiger partial charge in [-0.3, -0.25) is 13.3 Å². The highest BCUT2D eigenvalue weighted by Gasteiger charge is 2.20. The number of benzene rings is 3. The van der Waals surface area contributed by atoms with Gasteiger partial charge in [-0.15, -0.1) is 0 Å². The van der Waals surface area contributed by atoms with E-state index < -0.39 is 58.9 Å². The van der Waals surface area contributed by atoms with E-state index in [4.69, 9.17) is 0 Å². The van der Waals surface area contributed by atoms with E-state index in [0.717, 1.165) is 24.3 Å². The zero-order valence-electron chi connectivity index (χ0n) is 15.8. The third-order valence-corrected chi connectivity index (χ3v) is 4.93. The maximum Gasteiger partial charge on any atom is 0.488 e. The normalized spacial score (nSPS) is 11.7. The fraction of sp³-hybridized carbons (Fsp3) is 0. The Morgan fingerprint density at radius 2 is 1.62 bits per heavy atom. The molecule has 0 heterocycles. The molecule has 0 bridgehead atoms. The second-order valence-corrected chi connectivity index (χ2v) is 7.15. The lowest BCUT2D eigenvalue weighted by Crippen LogP contribution is -2.31. The monoisotopic (exact) mass is 467 g/mol. The Morgan fingerprint density at radius 1 is 0.969 bits per heavy atom. The molecule has 0 saturated carbocycles. The third-order valence-electron chi connectivity index (χ3n) is 4.22. The molecule has 0 aliphatic rings. The first kappa shape index (κ1) is 23.4. The number of nitrogens with zero attached hydrogens (tertiary/aromatic N) is 1. The van der Waals surface area contributed by atoms with Crippen LogP contribution in [0.2, 0.25) is 0 Å². The van der Waals surface area contributed by atoms with Crippen LogP contribution in [-0.2, 0) is 11.3 Å². The Hall–Kier alpha value is -3.26. The van der Waals surface area contributed by atoms with E-state index in [-0.39, 0.29) is 16.7 Å². The molecule has 0 aliphatic carbocycles. The van der Waals surface area contributed by atoms with E-state index >= 15 is 0 Å². The van der Waals surface area contributed by atoms with Crippen molar-refractivity contribution in [3.8, 4) is 0 Å². The van der Waals surface area contributed by atoms with Gasteiger partial charge in [0, 0.05) is 23.4 Å². The molecular formula is C19H12BF4N2O5S-. The van der Waals surface area contributed by atoms with Gasteiger partial charge in [-0.05, 0) is 35.8 Å². The number of rotatable bonds is 6. The molecule has 166 valence electrons. The van der Waals surface area contributed by atoms with Crippen LogP contribution >= 0.6 is 0 Å². The predicted octanol–water partition coefficient (Wildman–Crippen LogP) is 2.11. The Bertz CT molecular complexity index is 1190. The lowest BCUT2D eigenvalue weighted by Gasteiger charge is -2.27. The van der Waals surface area contributed by atoms with E-state index in [9.17, 15) is 41.2 Å². The average Bonchev–Trinajstić information content (AvgIpc) is 2.73. The van der Waals surface area contributed by atoms with Crippen LogP contribution in [0.4, 0.5) is 34.6 Å². The van der Waals surface area contributed by atoms with Crippen molar-refractivity contribution >= 4 is 46.8 Å². The Balaban J connectivity index is 1.99. The van der Waals surface area contributed by atoms with Crippen molar-refractivity contribution in [3.05, 3.63) is 83.4 Å². The summed E-state index contributed by atoms with van der Waals surface area (Å²) < 4.78 is 78.4. The second-order valence-electron chi connectivity index (χ2n) is 6.35. The van der Waals surface area contributed by atoms with Crippen molar-refractivity contribution in [2.75, 3.05) is 9.62 Å². The number of carbonyl (C=O) groups is 1. The fourth-order valence-electron chi connectivity index (χ4n) is 2.76. The van der Waals surface area contributed by atoms with Gasteiger partial charge in [-0.1, -0.05) is 12.1 Å². The smallest absolute Gasteiger partial charge is 0.488 e. The molecule has 1 atom stereocenters. The van der Waals surface area contributed by atoms with Gasteiger partial charge in [0.25, 0.3) is 5.91 Å². The van der Waals surface area contributed by atoms with Gasteiger partial charge < -0.3 is 19.9 Å². The molecule has 1 unspecified atom stereocenters. The molecule has 0 aliphatic heterocycles. The quantitative estimate of drug-likeness (QED) is 0.223. The first-order chi connectivity index (χ1) is 15.1. The first-order valence-electron chi connectivity index (χ1n) is 8.69. The van der Waals surface area contributed by atoms with Crippen molar-refractivity contribution in [1.29, 1.82) is 0 Å². The minimum atomic E-state index is -3.10. The molecule has 13 heteroatoms. The number of halogens is 4. The number of carbonyl (C=O) groups excluding carboxylic acids is 1. The fourth-order valence-corrected chi connectivity index (χ4v) is 3.34. The lowest BCUT2D eigenvalue weighted by molar-refractivity contribution is 0.102. The molecule has 0 fully saturated rings. The van der Waals surface area contributed by atoms with Crippen molar-refractivity contribution in [3.63, 3.8) is 0 Å². The predicted molar refractivity (Wildman–Crippen MR) is 108 cm³/mol. The zero-order chi connectivity index (χ0) is 23.6. The molecule has 0 radical (unpaired) electrons. The maximum absolute atomic E-state index is 14.5. The van der Waals surface area contributed by atoms with E-state index in [1.54, 1.807) is 0 Å². The summed E-state index contributed by atoms with van der Waals surface area (Å²) in [4.78, 5) is 12.4.